The fourth-order valence-electron chi connectivity index (χ4n) is 2.23. The molecule has 0 spiro atoms. The predicted octanol–water partition coefficient (Wildman–Crippen LogP) is 2.24. The summed E-state index contributed by atoms with van der Waals surface area (Å²) in [6.45, 7) is 11.9. The van der Waals surface area contributed by atoms with Crippen LogP contribution in [-0.2, 0) is 23.8 Å². The first-order chi connectivity index (χ1) is 9.25. The minimum absolute atomic E-state index is 0.140. The largest absolute Gasteiger partial charge is 0.466 e. The van der Waals surface area contributed by atoms with E-state index in [1.807, 2.05) is 20.8 Å². The summed E-state index contributed by atoms with van der Waals surface area (Å²) in [5.41, 5.74) is 0.855. The minimum atomic E-state index is -0.636. The molecule has 1 aliphatic heterocycles. The molecule has 0 bridgehead atoms. The molecule has 20 heavy (non-hydrogen) atoms. The van der Waals surface area contributed by atoms with E-state index in [4.69, 9.17) is 14.2 Å². The SMILES string of the molecule is C=C(C)[C@H](CC(=O)CC(=O)OCC)[C@H]1COC(C)(C)O1. The van der Waals surface area contributed by atoms with E-state index in [2.05, 4.69) is 6.58 Å². The summed E-state index contributed by atoms with van der Waals surface area (Å²) in [6.07, 6.45) is -0.180. The van der Waals surface area contributed by atoms with E-state index < -0.39 is 11.8 Å². The molecule has 1 rings (SSSR count). The highest BCUT2D eigenvalue weighted by molar-refractivity contribution is 5.95. The van der Waals surface area contributed by atoms with Crippen LogP contribution in [0.2, 0.25) is 0 Å². The van der Waals surface area contributed by atoms with Crippen LogP contribution in [-0.4, -0.2) is 36.9 Å². The fraction of sp³-hybridized carbons (Fsp3) is 0.733. The Labute approximate surface area is 120 Å². The van der Waals surface area contributed by atoms with Crippen LogP contribution < -0.4 is 0 Å². The lowest BCUT2D eigenvalue weighted by molar-refractivity contribution is -0.148. The van der Waals surface area contributed by atoms with Crippen molar-refractivity contribution in [2.75, 3.05) is 13.2 Å². The van der Waals surface area contributed by atoms with Crippen LogP contribution >= 0.6 is 0 Å². The molecule has 5 nitrogen and oxygen atoms in total. The van der Waals surface area contributed by atoms with Gasteiger partial charge in [0.15, 0.2) is 5.79 Å². The Kier molecular flexibility index (Phi) is 5.89. The van der Waals surface area contributed by atoms with Gasteiger partial charge in [0.05, 0.1) is 19.3 Å². The molecule has 1 fully saturated rings. The van der Waals surface area contributed by atoms with Crippen LogP contribution in [0.5, 0.6) is 0 Å². The van der Waals surface area contributed by atoms with Crippen molar-refractivity contribution in [3.63, 3.8) is 0 Å². The first-order valence-corrected chi connectivity index (χ1v) is 6.89. The van der Waals surface area contributed by atoms with Crippen LogP contribution in [0.4, 0.5) is 0 Å². The lowest BCUT2D eigenvalue weighted by Crippen LogP contribution is -2.29. The molecule has 5 heteroatoms. The van der Waals surface area contributed by atoms with Crippen LogP contribution in [0, 0.1) is 5.92 Å². The molecule has 0 aromatic carbocycles. The van der Waals surface area contributed by atoms with Crippen molar-refractivity contribution in [1.29, 1.82) is 0 Å². The van der Waals surface area contributed by atoms with Gasteiger partial charge in [-0.15, -0.1) is 0 Å². The van der Waals surface area contributed by atoms with Crippen molar-refractivity contribution in [3.8, 4) is 0 Å². The van der Waals surface area contributed by atoms with Crippen LogP contribution in [0.25, 0.3) is 0 Å². The molecule has 0 N–H and O–H groups in total. The second-order valence-corrected chi connectivity index (χ2v) is 5.54. The molecule has 0 aliphatic carbocycles. The third kappa shape index (κ3) is 5.06. The number of carbonyl (C=O) groups excluding carboxylic acids is 2. The summed E-state index contributed by atoms with van der Waals surface area (Å²) < 4.78 is 16.1. The third-order valence-corrected chi connectivity index (χ3v) is 3.21. The van der Waals surface area contributed by atoms with Crippen molar-refractivity contribution in [3.05, 3.63) is 12.2 Å². The van der Waals surface area contributed by atoms with Crippen LogP contribution in [0.3, 0.4) is 0 Å². The van der Waals surface area contributed by atoms with Crippen molar-refractivity contribution >= 4 is 11.8 Å². The average Bonchev–Trinajstić information content (AvgIpc) is 2.66. The maximum absolute atomic E-state index is 11.9. The lowest BCUT2D eigenvalue weighted by atomic mass is 9.89. The third-order valence-electron chi connectivity index (χ3n) is 3.21. The van der Waals surface area contributed by atoms with E-state index in [1.165, 1.54) is 0 Å². The number of carbonyl (C=O) groups is 2. The average molecular weight is 284 g/mol. The maximum atomic E-state index is 11.9. The van der Waals surface area contributed by atoms with Gasteiger partial charge in [0.25, 0.3) is 0 Å². The number of hydrogen-bond donors (Lipinski definition) is 0. The number of esters is 1. The molecule has 0 aromatic heterocycles. The highest BCUT2D eigenvalue weighted by Crippen LogP contribution is 2.31. The molecule has 0 radical (unpaired) electrons. The number of ketones is 1. The van der Waals surface area contributed by atoms with Gasteiger partial charge in [0.2, 0.25) is 0 Å². The molecule has 0 aromatic rings. The van der Waals surface area contributed by atoms with Gasteiger partial charge in [0.1, 0.15) is 12.2 Å². The zero-order valence-corrected chi connectivity index (χ0v) is 12.7. The number of Topliss-reactive ketones (excluding diaryl/α,β-unsaturated/α-hetero) is 1. The Morgan fingerprint density at radius 3 is 2.55 bits per heavy atom. The van der Waals surface area contributed by atoms with Crippen molar-refractivity contribution in [1.82, 2.24) is 0 Å². The fourth-order valence-corrected chi connectivity index (χ4v) is 2.23. The van der Waals surface area contributed by atoms with Gasteiger partial charge in [-0.05, 0) is 27.7 Å². The second-order valence-electron chi connectivity index (χ2n) is 5.54. The van der Waals surface area contributed by atoms with Gasteiger partial charge in [-0.3, -0.25) is 9.59 Å². The Balaban J connectivity index is 2.58. The Morgan fingerprint density at radius 1 is 1.45 bits per heavy atom. The van der Waals surface area contributed by atoms with Crippen molar-refractivity contribution in [2.45, 2.75) is 52.4 Å². The number of hydrogen-bond acceptors (Lipinski definition) is 5. The standard InChI is InChI=1S/C15H24O5/c1-6-18-14(17)8-11(16)7-12(10(2)3)13-9-19-15(4,5)20-13/h12-13H,2,6-9H2,1,3-5H3/t12-,13+/m0/s1. The molecule has 0 unspecified atom stereocenters. The van der Waals surface area contributed by atoms with Gasteiger partial charge < -0.3 is 14.2 Å². The van der Waals surface area contributed by atoms with E-state index >= 15 is 0 Å². The second kappa shape index (κ2) is 6.99. The quantitative estimate of drug-likeness (QED) is 0.407. The highest BCUT2D eigenvalue weighted by atomic mass is 16.7. The summed E-state index contributed by atoms with van der Waals surface area (Å²) in [7, 11) is 0. The van der Waals surface area contributed by atoms with Gasteiger partial charge in [-0.1, -0.05) is 12.2 Å². The van der Waals surface area contributed by atoms with Gasteiger partial charge in [-0.25, -0.2) is 0 Å². The van der Waals surface area contributed by atoms with Crippen molar-refractivity contribution < 1.29 is 23.8 Å². The molecule has 2 atom stereocenters. The normalized spacial score (nSPS) is 22.3. The summed E-state index contributed by atoms with van der Waals surface area (Å²) in [4.78, 5) is 23.2. The van der Waals surface area contributed by atoms with E-state index in [1.54, 1.807) is 6.92 Å². The van der Waals surface area contributed by atoms with Gasteiger partial charge in [-0.2, -0.15) is 0 Å². The molecular weight excluding hydrogens is 260 g/mol. The highest BCUT2D eigenvalue weighted by Gasteiger charge is 2.38. The first-order valence-electron chi connectivity index (χ1n) is 6.89. The zero-order chi connectivity index (χ0) is 15.3. The molecule has 1 aliphatic rings. The van der Waals surface area contributed by atoms with E-state index in [-0.39, 0.29) is 37.3 Å². The monoisotopic (exact) mass is 284 g/mol. The summed E-state index contributed by atoms with van der Waals surface area (Å²) in [5, 5.41) is 0. The molecule has 0 amide bonds. The Hall–Kier alpha value is -1.20. The Bertz CT molecular complexity index is 386. The van der Waals surface area contributed by atoms with Gasteiger partial charge >= 0.3 is 5.97 Å². The molecule has 1 saturated heterocycles. The lowest BCUT2D eigenvalue weighted by Gasteiger charge is -2.24. The van der Waals surface area contributed by atoms with Crippen molar-refractivity contribution in [2.24, 2.45) is 5.92 Å². The first kappa shape index (κ1) is 16.9. The predicted molar refractivity (Wildman–Crippen MR) is 74.1 cm³/mol. The molecule has 114 valence electrons. The van der Waals surface area contributed by atoms with Gasteiger partial charge in [0, 0.05) is 12.3 Å². The summed E-state index contributed by atoms with van der Waals surface area (Å²) >= 11 is 0. The zero-order valence-electron chi connectivity index (χ0n) is 12.7. The number of ether oxygens (including phenoxy) is 3. The molecule has 0 saturated carbocycles. The van der Waals surface area contributed by atoms with Crippen LogP contribution in [0.1, 0.15) is 40.5 Å². The molecular formula is C15H24O5. The van der Waals surface area contributed by atoms with Crippen LogP contribution in [0.15, 0.2) is 12.2 Å². The Morgan fingerprint density at radius 2 is 2.10 bits per heavy atom. The topological polar surface area (TPSA) is 61.8 Å². The van der Waals surface area contributed by atoms with E-state index in [0.717, 1.165) is 5.57 Å². The van der Waals surface area contributed by atoms with E-state index in [0.29, 0.717) is 6.61 Å². The summed E-state index contributed by atoms with van der Waals surface area (Å²) in [6, 6.07) is 0. The minimum Gasteiger partial charge on any atom is -0.466 e. The summed E-state index contributed by atoms with van der Waals surface area (Å²) in [5.74, 6) is -1.42. The van der Waals surface area contributed by atoms with E-state index in [9.17, 15) is 9.59 Å². The maximum Gasteiger partial charge on any atom is 0.313 e. The smallest absolute Gasteiger partial charge is 0.313 e. The number of rotatable bonds is 7. The molecule has 1 heterocycles.